The number of hydrogen-bond donors (Lipinski definition) is 1. The van der Waals surface area contributed by atoms with E-state index in [4.69, 9.17) is 4.74 Å². The van der Waals surface area contributed by atoms with Crippen molar-refractivity contribution >= 4 is 22.4 Å². The minimum Gasteiger partial charge on any atom is -0.486 e. The van der Waals surface area contributed by atoms with Crippen LogP contribution < -0.4 is 20.4 Å². The maximum Gasteiger partial charge on any atom is 0.363 e. The van der Waals surface area contributed by atoms with Gasteiger partial charge in [-0.15, -0.1) is 0 Å². The van der Waals surface area contributed by atoms with Crippen LogP contribution in [0.4, 0.5) is 20.3 Å². The molecule has 35 heavy (non-hydrogen) atoms. The Morgan fingerprint density at radius 3 is 2.89 bits per heavy atom. The zero-order valence-electron chi connectivity index (χ0n) is 19.2. The van der Waals surface area contributed by atoms with Crippen molar-refractivity contribution < 1.29 is 18.4 Å². The van der Waals surface area contributed by atoms with Gasteiger partial charge in [0.05, 0.1) is 22.6 Å². The summed E-state index contributed by atoms with van der Waals surface area (Å²) in [5.74, 6) is -2.58. The Morgan fingerprint density at radius 2 is 2.17 bits per heavy atom. The zero-order valence-corrected chi connectivity index (χ0v) is 19.2. The molecule has 184 valence electrons. The number of nitro groups is 1. The average molecular weight is 485 g/mol. The Morgan fingerprint density at radius 1 is 1.34 bits per heavy atom. The topological polar surface area (TPSA) is 103 Å². The van der Waals surface area contributed by atoms with Crippen LogP contribution in [0.25, 0.3) is 10.9 Å². The minimum atomic E-state index is -1.10. The molecule has 4 heterocycles. The molecule has 2 aromatic heterocycles. The molecular weight excluding hydrogens is 460 g/mol. The van der Waals surface area contributed by atoms with Gasteiger partial charge in [-0.05, 0) is 41.3 Å². The van der Waals surface area contributed by atoms with Crippen molar-refractivity contribution in [3.8, 4) is 5.75 Å². The maximum atomic E-state index is 14.4. The SMILES string of the molecule is CC[C@H]1COc2c(F)c(F)cc3c(=O)c(CN[C@H]4CCCN(c5ccc([N+](=O)[O-])nc5)C4)cn1c23. The third kappa shape index (κ3) is 4.20. The summed E-state index contributed by atoms with van der Waals surface area (Å²) in [6.07, 6.45) is 5.74. The predicted octanol–water partition coefficient (Wildman–Crippen LogP) is 3.69. The Kier molecular flexibility index (Phi) is 6.10. The van der Waals surface area contributed by atoms with Gasteiger partial charge in [0.2, 0.25) is 5.82 Å². The molecule has 2 aliphatic heterocycles. The molecule has 0 bridgehead atoms. The first-order valence-corrected chi connectivity index (χ1v) is 11.6. The number of piperidine rings is 1. The van der Waals surface area contributed by atoms with Crippen LogP contribution in [0.2, 0.25) is 0 Å². The molecular formula is C24H25F2N5O4. The molecule has 0 aliphatic carbocycles. The van der Waals surface area contributed by atoms with Crippen LogP contribution in [0.15, 0.2) is 35.4 Å². The van der Waals surface area contributed by atoms with E-state index in [1.807, 2.05) is 11.5 Å². The number of ether oxygens (including phenoxy) is 1. The highest BCUT2D eigenvalue weighted by Crippen LogP contribution is 2.36. The highest BCUT2D eigenvalue weighted by molar-refractivity contribution is 5.86. The van der Waals surface area contributed by atoms with Crippen LogP contribution in [0.3, 0.4) is 0 Å². The van der Waals surface area contributed by atoms with E-state index in [0.29, 0.717) is 24.0 Å². The Balaban J connectivity index is 1.38. The van der Waals surface area contributed by atoms with E-state index >= 15 is 0 Å². The lowest BCUT2D eigenvalue weighted by Gasteiger charge is -2.34. The third-order valence-corrected chi connectivity index (χ3v) is 6.81. The first-order chi connectivity index (χ1) is 16.9. The Labute approximate surface area is 199 Å². The maximum absolute atomic E-state index is 14.4. The summed E-state index contributed by atoms with van der Waals surface area (Å²) in [6, 6.07) is 4.02. The van der Waals surface area contributed by atoms with E-state index in [2.05, 4.69) is 15.2 Å². The standard InChI is InChI=1S/C24H25F2N5O4/c1-2-16-13-35-24-21(26)19(25)8-18-22(24)30(16)11-14(23(18)32)9-27-15-4-3-7-29(12-15)17-5-6-20(28-10-17)31(33)34/h5-6,8,10-11,15-16,27H,2-4,7,9,12-13H2,1H3/t15-,16-/m0/s1. The summed E-state index contributed by atoms with van der Waals surface area (Å²) < 4.78 is 35.9. The van der Waals surface area contributed by atoms with Gasteiger partial charge in [-0.1, -0.05) is 6.92 Å². The molecule has 1 saturated heterocycles. The van der Waals surface area contributed by atoms with Gasteiger partial charge in [0.1, 0.15) is 6.61 Å². The second-order valence-corrected chi connectivity index (χ2v) is 8.96. The van der Waals surface area contributed by atoms with Gasteiger partial charge in [0, 0.05) is 43.5 Å². The number of aromatic nitrogens is 2. The van der Waals surface area contributed by atoms with Crippen molar-refractivity contribution in [1.82, 2.24) is 14.9 Å². The number of benzene rings is 1. The number of pyridine rings is 2. The molecule has 0 saturated carbocycles. The minimum absolute atomic E-state index is 0.0706. The van der Waals surface area contributed by atoms with Crippen LogP contribution in [0, 0.1) is 21.7 Å². The quantitative estimate of drug-likeness (QED) is 0.420. The molecule has 3 aromatic rings. The number of hydrogen-bond acceptors (Lipinski definition) is 7. The molecule has 5 rings (SSSR count). The molecule has 1 aromatic carbocycles. The largest absolute Gasteiger partial charge is 0.486 e. The van der Waals surface area contributed by atoms with Gasteiger partial charge in [-0.25, -0.2) is 4.39 Å². The lowest BCUT2D eigenvalue weighted by molar-refractivity contribution is -0.389. The van der Waals surface area contributed by atoms with Crippen LogP contribution in [0.5, 0.6) is 5.75 Å². The molecule has 2 aliphatic rings. The number of nitrogens with one attached hydrogen (secondary N) is 1. The summed E-state index contributed by atoms with van der Waals surface area (Å²) in [5, 5.41) is 14.4. The van der Waals surface area contributed by atoms with E-state index in [0.717, 1.165) is 31.1 Å². The summed E-state index contributed by atoms with van der Waals surface area (Å²) in [4.78, 5) is 29.5. The van der Waals surface area contributed by atoms with Crippen LogP contribution in [-0.4, -0.2) is 40.2 Å². The fraction of sp³-hybridized carbons (Fsp3) is 0.417. The highest BCUT2D eigenvalue weighted by Gasteiger charge is 2.28. The number of nitrogens with zero attached hydrogens (tertiary/aromatic N) is 4. The van der Waals surface area contributed by atoms with Gasteiger partial charge in [0.15, 0.2) is 23.2 Å². The Bertz CT molecular complexity index is 1340. The van der Waals surface area contributed by atoms with Gasteiger partial charge in [-0.2, -0.15) is 4.39 Å². The van der Waals surface area contributed by atoms with Gasteiger partial charge >= 0.3 is 5.82 Å². The van der Waals surface area contributed by atoms with Gasteiger partial charge in [-0.3, -0.25) is 4.79 Å². The van der Waals surface area contributed by atoms with Gasteiger partial charge in [0.25, 0.3) is 0 Å². The fourth-order valence-corrected chi connectivity index (χ4v) is 4.91. The van der Waals surface area contributed by atoms with E-state index in [9.17, 15) is 23.7 Å². The molecule has 0 radical (unpaired) electrons. The van der Waals surface area contributed by atoms with Crippen molar-refractivity contribution in [2.45, 2.75) is 44.8 Å². The Hall–Kier alpha value is -3.60. The second-order valence-electron chi connectivity index (χ2n) is 8.96. The molecule has 9 nitrogen and oxygen atoms in total. The average Bonchev–Trinajstić information content (AvgIpc) is 2.87. The van der Waals surface area contributed by atoms with Gasteiger partial charge < -0.3 is 29.6 Å². The smallest absolute Gasteiger partial charge is 0.363 e. The first kappa shape index (κ1) is 23.2. The van der Waals surface area contributed by atoms with E-state index in [1.165, 1.54) is 12.3 Å². The molecule has 1 fully saturated rings. The third-order valence-electron chi connectivity index (χ3n) is 6.81. The van der Waals surface area contributed by atoms with E-state index < -0.39 is 16.6 Å². The fourth-order valence-electron chi connectivity index (χ4n) is 4.91. The highest BCUT2D eigenvalue weighted by atomic mass is 19.2. The molecule has 11 heteroatoms. The lowest BCUT2D eigenvalue weighted by atomic mass is 10.0. The molecule has 2 atom stereocenters. The first-order valence-electron chi connectivity index (χ1n) is 11.6. The zero-order chi connectivity index (χ0) is 24.7. The van der Waals surface area contributed by atoms with Crippen molar-refractivity contribution in [3.05, 3.63) is 68.1 Å². The summed E-state index contributed by atoms with van der Waals surface area (Å²) in [7, 11) is 0. The molecule has 0 amide bonds. The van der Waals surface area contributed by atoms with E-state index in [-0.39, 0.29) is 47.6 Å². The summed E-state index contributed by atoms with van der Waals surface area (Å²) in [6.45, 7) is 3.90. The summed E-state index contributed by atoms with van der Waals surface area (Å²) >= 11 is 0. The number of rotatable bonds is 6. The van der Waals surface area contributed by atoms with Crippen LogP contribution >= 0.6 is 0 Å². The van der Waals surface area contributed by atoms with Crippen molar-refractivity contribution in [1.29, 1.82) is 0 Å². The van der Waals surface area contributed by atoms with E-state index in [1.54, 1.807) is 12.3 Å². The molecule has 0 spiro atoms. The van der Waals surface area contributed by atoms with Crippen molar-refractivity contribution in [2.75, 3.05) is 24.6 Å². The lowest BCUT2D eigenvalue weighted by Crippen LogP contribution is -2.46. The number of anilines is 1. The monoisotopic (exact) mass is 485 g/mol. The predicted molar refractivity (Wildman–Crippen MR) is 126 cm³/mol. The number of halogens is 2. The van der Waals surface area contributed by atoms with Crippen molar-refractivity contribution in [2.24, 2.45) is 0 Å². The summed E-state index contributed by atoms with van der Waals surface area (Å²) in [5.41, 5.74) is 1.22. The normalized spacial score (nSPS) is 19.6. The molecule has 0 unspecified atom stereocenters. The second kappa shape index (κ2) is 9.21. The van der Waals surface area contributed by atoms with Crippen LogP contribution in [-0.2, 0) is 6.54 Å². The molecule has 1 N–H and O–H groups in total. The van der Waals surface area contributed by atoms with Crippen molar-refractivity contribution in [3.63, 3.8) is 0 Å². The van der Waals surface area contributed by atoms with Crippen LogP contribution in [0.1, 0.15) is 37.8 Å².